The van der Waals surface area contributed by atoms with Gasteiger partial charge < -0.3 is 5.11 Å². The predicted molar refractivity (Wildman–Crippen MR) is 59.8 cm³/mol. The number of hydrogen-bond donors (Lipinski definition) is 1. The molecule has 0 unspecified atom stereocenters. The molecular formula is C8H16O3S2. The van der Waals surface area contributed by atoms with Crippen LogP contribution < -0.4 is 0 Å². The second kappa shape index (κ2) is 8.19. The van der Waals surface area contributed by atoms with Crippen LogP contribution in [0.2, 0.25) is 0 Å². The van der Waals surface area contributed by atoms with E-state index in [1.54, 1.807) is 6.92 Å². The maximum Gasteiger partial charge on any atom is 0.170 e. The number of aliphatic hydroxyl groups is 1. The Morgan fingerprint density at radius 1 is 1.54 bits per heavy atom. The molecule has 0 fully saturated rings. The van der Waals surface area contributed by atoms with Gasteiger partial charge in [-0.2, -0.15) is 0 Å². The van der Waals surface area contributed by atoms with Gasteiger partial charge in [-0.15, -0.1) is 0 Å². The van der Waals surface area contributed by atoms with E-state index in [-0.39, 0.29) is 10.8 Å². The average molecular weight is 224 g/mol. The summed E-state index contributed by atoms with van der Waals surface area (Å²) in [5.74, 6) is 0.149. The fourth-order valence-electron chi connectivity index (χ4n) is 0.332. The van der Waals surface area contributed by atoms with Gasteiger partial charge in [0, 0.05) is 11.8 Å². The summed E-state index contributed by atoms with van der Waals surface area (Å²) in [6.45, 7) is 6.67. The first-order valence-corrected chi connectivity index (χ1v) is 6.09. The molecule has 3 nitrogen and oxygen atoms in total. The van der Waals surface area contributed by atoms with Crippen LogP contribution in [0, 0.1) is 0 Å². The molecule has 0 aliphatic carbocycles. The molecule has 0 atom stereocenters. The van der Waals surface area contributed by atoms with E-state index in [1.807, 2.05) is 6.92 Å². The first kappa shape index (κ1) is 15.1. The highest BCUT2D eigenvalue weighted by atomic mass is 32.2. The molecule has 0 saturated carbocycles. The van der Waals surface area contributed by atoms with Crippen LogP contribution in [-0.2, 0) is 9.84 Å². The van der Waals surface area contributed by atoms with Crippen LogP contribution in [0.25, 0.3) is 0 Å². The zero-order chi connectivity index (χ0) is 10.9. The first-order valence-electron chi connectivity index (χ1n) is 3.96. The molecule has 0 radical (unpaired) electrons. The van der Waals surface area contributed by atoms with Gasteiger partial charge in [-0.05, 0) is 18.6 Å². The van der Waals surface area contributed by atoms with Gasteiger partial charge in [0.15, 0.2) is 14.9 Å². The van der Waals surface area contributed by atoms with Crippen LogP contribution in [0.1, 0.15) is 26.7 Å². The predicted octanol–water partition coefficient (Wildman–Crippen LogP) is 2.24. The van der Waals surface area contributed by atoms with Crippen LogP contribution in [0.4, 0.5) is 0 Å². The Bertz CT molecular complexity index is 242. The Balaban J connectivity index is 0. The van der Waals surface area contributed by atoms with Crippen LogP contribution in [-0.4, -0.2) is 24.3 Å². The van der Waals surface area contributed by atoms with Gasteiger partial charge in [0.05, 0.1) is 5.75 Å². The standard InChI is InChI=1S/C4H8O2S.C4H8OS/c1-3-7(5,6)4-2;1-2-3-4(5)6/h3H,1,4H2,2H3;2-3H2,1H3,(H,5,6). The largest absolute Gasteiger partial charge is 0.502 e. The van der Waals surface area contributed by atoms with E-state index in [4.69, 9.17) is 5.11 Å². The molecule has 0 rings (SSSR count). The van der Waals surface area contributed by atoms with E-state index in [2.05, 4.69) is 18.8 Å². The molecule has 0 amide bonds. The fraction of sp³-hybridized carbons (Fsp3) is 0.625. The summed E-state index contributed by atoms with van der Waals surface area (Å²) >= 11 is 4.35. The van der Waals surface area contributed by atoms with Crippen molar-refractivity contribution in [3.05, 3.63) is 12.0 Å². The first-order chi connectivity index (χ1) is 5.89. The van der Waals surface area contributed by atoms with Gasteiger partial charge >= 0.3 is 0 Å². The van der Waals surface area contributed by atoms with E-state index in [0.29, 0.717) is 6.42 Å². The van der Waals surface area contributed by atoms with Gasteiger partial charge in [0.1, 0.15) is 0 Å². The number of rotatable bonds is 4. The van der Waals surface area contributed by atoms with E-state index >= 15 is 0 Å². The third kappa shape index (κ3) is 14.4. The van der Waals surface area contributed by atoms with Gasteiger partial charge in [-0.1, -0.05) is 20.4 Å². The minimum atomic E-state index is -2.89. The minimum Gasteiger partial charge on any atom is -0.502 e. The summed E-state index contributed by atoms with van der Waals surface area (Å²) in [7, 11) is -2.89. The molecule has 13 heavy (non-hydrogen) atoms. The van der Waals surface area contributed by atoms with Crippen molar-refractivity contribution in [2.75, 3.05) is 5.75 Å². The van der Waals surface area contributed by atoms with Crippen molar-refractivity contribution in [1.29, 1.82) is 0 Å². The average Bonchev–Trinajstić information content (AvgIpc) is 2.05. The third-order valence-corrected chi connectivity index (χ3v) is 2.64. The number of sulfone groups is 1. The molecule has 0 heterocycles. The monoisotopic (exact) mass is 224 g/mol. The van der Waals surface area contributed by atoms with Crippen molar-refractivity contribution in [3.8, 4) is 0 Å². The van der Waals surface area contributed by atoms with E-state index in [9.17, 15) is 8.42 Å². The lowest BCUT2D eigenvalue weighted by Gasteiger charge is -1.84. The van der Waals surface area contributed by atoms with Crippen LogP contribution in [0.5, 0.6) is 0 Å². The van der Waals surface area contributed by atoms with Crippen molar-refractivity contribution in [2.24, 2.45) is 0 Å². The number of aliphatic hydroxyl groups excluding tert-OH is 1. The smallest absolute Gasteiger partial charge is 0.170 e. The van der Waals surface area contributed by atoms with Crippen LogP contribution >= 0.6 is 12.2 Å². The van der Waals surface area contributed by atoms with Crippen LogP contribution in [0.3, 0.4) is 0 Å². The molecule has 0 saturated heterocycles. The molecule has 0 aliphatic rings. The number of hydrogen-bond acceptors (Lipinski definition) is 3. The normalized spacial score (nSPS) is 9.69. The van der Waals surface area contributed by atoms with Gasteiger partial charge in [-0.3, -0.25) is 0 Å². The highest BCUT2D eigenvalue weighted by Crippen LogP contribution is 1.86. The Hall–Kier alpha value is -0.420. The topological polar surface area (TPSA) is 54.4 Å². The molecule has 0 aromatic carbocycles. The van der Waals surface area contributed by atoms with Crippen molar-refractivity contribution in [1.82, 2.24) is 0 Å². The Kier molecular flexibility index (Phi) is 9.50. The Morgan fingerprint density at radius 3 is 2.00 bits per heavy atom. The van der Waals surface area contributed by atoms with E-state index in [1.165, 1.54) is 0 Å². The maximum absolute atomic E-state index is 10.2. The molecule has 1 N–H and O–H groups in total. The fourth-order valence-corrected chi connectivity index (χ4v) is 0.772. The molecular weight excluding hydrogens is 208 g/mol. The second-order valence-electron chi connectivity index (χ2n) is 2.26. The van der Waals surface area contributed by atoms with Gasteiger partial charge in [-0.25, -0.2) is 8.42 Å². The zero-order valence-corrected chi connectivity index (χ0v) is 9.62. The summed E-state index contributed by atoms with van der Waals surface area (Å²) in [5.41, 5.74) is 0. The summed E-state index contributed by atoms with van der Waals surface area (Å²) in [5, 5.41) is 9.37. The van der Waals surface area contributed by atoms with Gasteiger partial charge in [0.25, 0.3) is 0 Å². The van der Waals surface area contributed by atoms with Gasteiger partial charge in [0.2, 0.25) is 0 Å². The molecule has 5 heteroatoms. The highest BCUT2D eigenvalue weighted by Gasteiger charge is 1.95. The maximum atomic E-state index is 10.2. The number of thiocarbonyl (C=S) groups is 1. The van der Waals surface area contributed by atoms with Crippen molar-refractivity contribution in [2.45, 2.75) is 26.7 Å². The summed E-state index contributed by atoms with van der Waals surface area (Å²) in [4.78, 5) is 0. The highest BCUT2D eigenvalue weighted by molar-refractivity contribution is 7.94. The molecule has 0 aliphatic heterocycles. The molecule has 0 spiro atoms. The summed E-state index contributed by atoms with van der Waals surface area (Å²) < 4.78 is 20.5. The molecule has 78 valence electrons. The van der Waals surface area contributed by atoms with E-state index in [0.717, 1.165) is 11.8 Å². The van der Waals surface area contributed by atoms with Crippen molar-refractivity contribution in [3.63, 3.8) is 0 Å². The third-order valence-electron chi connectivity index (χ3n) is 1.12. The second-order valence-corrected chi connectivity index (χ2v) is 4.97. The SMILES string of the molecule is C=CS(=O)(=O)CC.CCCC(O)=S. The lowest BCUT2D eigenvalue weighted by molar-refractivity contribution is 0.546. The lowest BCUT2D eigenvalue weighted by Crippen LogP contribution is -1.95. The van der Waals surface area contributed by atoms with Crippen molar-refractivity contribution >= 4 is 27.1 Å². The minimum absolute atomic E-state index is 0.123. The Morgan fingerprint density at radius 2 is 2.00 bits per heavy atom. The quantitative estimate of drug-likeness (QED) is 0.744. The van der Waals surface area contributed by atoms with Crippen LogP contribution in [0.15, 0.2) is 12.0 Å². The zero-order valence-electron chi connectivity index (χ0n) is 7.99. The molecule has 0 aromatic rings. The Labute approximate surface area is 85.4 Å². The molecule has 0 aromatic heterocycles. The van der Waals surface area contributed by atoms with E-state index < -0.39 is 9.84 Å². The van der Waals surface area contributed by atoms with Crippen molar-refractivity contribution < 1.29 is 13.5 Å². The summed E-state index contributed by atoms with van der Waals surface area (Å²) in [6.07, 6.45) is 1.60. The summed E-state index contributed by atoms with van der Waals surface area (Å²) in [6, 6.07) is 0. The molecule has 0 bridgehead atoms. The lowest BCUT2D eigenvalue weighted by atomic mass is 10.4.